The van der Waals surface area contributed by atoms with Gasteiger partial charge in [0.15, 0.2) is 0 Å². The second-order valence-electron chi connectivity index (χ2n) is 6.92. The molecule has 1 amide bonds. The lowest BCUT2D eigenvalue weighted by atomic mass is 10.1. The first-order chi connectivity index (χ1) is 12.7. The fourth-order valence-corrected chi connectivity index (χ4v) is 4.67. The van der Waals surface area contributed by atoms with Gasteiger partial charge >= 0.3 is 0 Å². The smallest absolute Gasteiger partial charge is 0.224 e. The van der Waals surface area contributed by atoms with E-state index >= 15 is 0 Å². The summed E-state index contributed by atoms with van der Waals surface area (Å²) < 4.78 is 0. The highest BCUT2D eigenvalue weighted by Crippen LogP contribution is 2.28. The summed E-state index contributed by atoms with van der Waals surface area (Å²) in [6.45, 7) is 1.43. The number of nitrogens with one attached hydrogen (secondary N) is 1. The summed E-state index contributed by atoms with van der Waals surface area (Å²) in [6.07, 6.45) is 2.54. The summed E-state index contributed by atoms with van der Waals surface area (Å²) in [5.74, 6) is 5.85. The van der Waals surface area contributed by atoms with Gasteiger partial charge in [0.25, 0.3) is 0 Å². The summed E-state index contributed by atoms with van der Waals surface area (Å²) >= 11 is 1.66. The Labute approximate surface area is 157 Å². The van der Waals surface area contributed by atoms with Crippen LogP contribution in [0.3, 0.4) is 0 Å². The van der Waals surface area contributed by atoms with Gasteiger partial charge in [-0.2, -0.15) is 0 Å². The zero-order valence-corrected chi connectivity index (χ0v) is 15.4. The van der Waals surface area contributed by atoms with Crippen LogP contribution in [0, 0.1) is 11.8 Å². The zero-order valence-electron chi connectivity index (χ0n) is 14.6. The second kappa shape index (κ2) is 7.63. The Kier molecular flexibility index (Phi) is 5.07. The van der Waals surface area contributed by atoms with Crippen molar-refractivity contribution in [2.75, 3.05) is 13.2 Å². The molecule has 1 aliphatic heterocycles. The topological polar surface area (TPSA) is 52.6 Å². The van der Waals surface area contributed by atoms with E-state index in [9.17, 15) is 4.79 Å². The number of aliphatic hydroxyl groups excluding tert-OH is 1. The quantitative estimate of drug-likeness (QED) is 0.814. The van der Waals surface area contributed by atoms with Crippen LogP contribution in [0.1, 0.15) is 28.0 Å². The third kappa shape index (κ3) is 3.68. The average molecular weight is 366 g/mol. The van der Waals surface area contributed by atoms with Crippen LogP contribution in [-0.4, -0.2) is 41.1 Å². The van der Waals surface area contributed by atoms with Gasteiger partial charge in [0.2, 0.25) is 5.91 Å². The number of aliphatic hydroxyl groups is 1. The van der Waals surface area contributed by atoms with Gasteiger partial charge < -0.3 is 15.3 Å². The van der Waals surface area contributed by atoms with Crippen LogP contribution in [0.25, 0.3) is 0 Å². The predicted octanol–water partition coefficient (Wildman–Crippen LogP) is 1.95. The number of carbonyl (C=O) groups excluding carboxylic acids is 1. The number of hydrogen-bond donors (Lipinski definition) is 2. The number of nitrogens with zero attached hydrogens (tertiary/aromatic N) is 1. The molecule has 1 aliphatic carbocycles. The number of carbonyl (C=O) groups is 1. The first-order valence-corrected chi connectivity index (χ1v) is 9.87. The van der Waals surface area contributed by atoms with Crippen LogP contribution in [0.4, 0.5) is 0 Å². The van der Waals surface area contributed by atoms with Gasteiger partial charge in [0.1, 0.15) is 6.61 Å². The molecule has 1 saturated heterocycles. The highest BCUT2D eigenvalue weighted by atomic mass is 32.1. The molecular formula is C21H22N2O2S. The lowest BCUT2D eigenvalue weighted by Crippen LogP contribution is -2.39. The summed E-state index contributed by atoms with van der Waals surface area (Å²) in [7, 11) is 0. The molecule has 1 aromatic carbocycles. The van der Waals surface area contributed by atoms with Crippen LogP contribution in [0.15, 0.2) is 35.7 Å². The Morgan fingerprint density at radius 1 is 1.23 bits per heavy atom. The lowest BCUT2D eigenvalue weighted by molar-refractivity contribution is -0.129. The Balaban J connectivity index is 1.32. The number of rotatable bonds is 4. The molecule has 2 aliphatic rings. The SMILES string of the molecule is O=C1CC(NCc2cc(C#CCO)cs2)CN1C1Cc2ccccc2C1. The highest BCUT2D eigenvalue weighted by molar-refractivity contribution is 7.10. The lowest BCUT2D eigenvalue weighted by Gasteiger charge is -2.24. The molecule has 4 nitrogen and oxygen atoms in total. The van der Waals surface area contributed by atoms with Gasteiger partial charge in [-0.1, -0.05) is 36.1 Å². The molecule has 0 saturated carbocycles. The van der Waals surface area contributed by atoms with E-state index in [0.717, 1.165) is 31.5 Å². The third-order valence-corrected chi connectivity index (χ3v) is 6.10. The number of amides is 1. The zero-order chi connectivity index (χ0) is 17.9. The molecule has 4 rings (SSSR count). The molecule has 1 fully saturated rings. The average Bonchev–Trinajstić information content (AvgIpc) is 3.35. The standard InChI is InChI=1S/C21H22N2O2S/c24-7-3-4-15-8-20(26-14-15)12-22-18-11-21(25)23(13-18)19-9-16-5-1-2-6-17(16)10-19/h1-2,5-6,8,14,18-19,22,24H,7,9-13H2. The largest absolute Gasteiger partial charge is 0.384 e. The Morgan fingerprint density at radius 3 is 2.73 bits per heavy atom. The molecule has 26 heavy (non-hydrogen) atoms. The van der Waals surface area contributed by atoms with Crippen molar-refractivity contribution in [1.29, 1.82) is 0 Å². The Hall–Kier alpha value is -2.13. The van der Waals surface area contributed by atoms with Gasteiger partial charge in [-0.15, -0.1) is 11.3 Å². The van der Waals surface area contributed by atoms with Gasteiger partial charge in [-0.25, -0.2) is 0 Å². The maximum Gasteiger partial charge on any atom is 0.224 e. The molecule has 2 N–H and O–H groups in total. The van der Waals surface area contributed by atoms with Crippen LogP contribution >= 0.6 is 11.3 Å². The van der Waals surface area contributed by atoms with Gasteiger partial charge in [-0.05, 0) is 30.0 Å². The normalized spacial score (nSPS) is 19.5. The van der Waals surface area contributed by atoms with Crippen molar-refractivity contribution in [3.8, 4) is 11.8 Å². The maximum atomic E-state index is 12.5. The van der Waals surface area contributed by atoms with Crippen molar-refractivity contribution < 1.29 is 9.90 Å². The molecular weight excluding hydrogens is 344 g/mol. The van der Waals surface area contributed by atoms with Crippen molar-refractivity contribution in [1.82, 2.24) is 10.2 Å². The van der Waals surface area contributed by atoms with Gasteiger partial charge in [-0.3, -0.25) is 4.79 Å². The van der Waals surface area contributed by atoms with Crippen molar-refractivity contribution in [2.45, 2.75) is 37.9 Å². The summed E-state index contributed by atoms with van der Waals surface area (Å²) in [5, 5.41) is 14.3. The molecule has 0 radical (unpaired) electrons. The van der Waals surface area contributed by atoms with E-state index in [2.05, 4.69) is 46.3 Å². The van der Waals surface area contributed by atoms with Crippen LogP contribution < -0.4 is 5.32 Å². The van der Waals surface area contributed by atoms with E-state index in [1.807, 2.05) is 11.4 Å². The van der Waals surface area contributed by atoms with E-state index in [-0.39, 0.29) is 18.6 Å². The van der Waals surface area contributed by atoms with E-state index in [0.29, 0.717) is 12.5 Å². The number of hydrogen-bond acceptors (Lipinski definition) is 4. The van der Waals surface area contributed by atoms with Crippen molar-refractivity contribution in [2.24, 2.45) is 0 Å². The molecule has 134 valence electrons. The van der Waals surface area contributed by atoms with E-state index in [1.165, 1.54) is 16.0 Å². The van der Waals surface area contributed by atoms with Gasteiger partial charge in [0, 0.05) is 47.4 Å². The van der Waals surface area contributed by atoms with Crippen LogP contribution in [0.5, 0.6) is 0 Å². The third-order valence-electron chi connectivity index (χ3n) is 5.16. The number of thiophene rings is 1. The highest BCUT2D eigenvalue weighted by Gasteiger charge is 2.36. The second-order valence-corrected chi connectivity index (χ2v) is 7.92. The Bertz CT molecular complexity index is 839. The number of benzene rings is 1. The fourth-order valence-electron chi connectivity index (χ4n) is 3.90. The fraction of sp³-hybridized carbons (Fsp3) is 0.381. The molecule has 1 aromatic heterocycles. The van der Waals surface area contributed by atoms with Crippen molar-refractivity contribution in [3.63, 3.8) is 0 Å². The molecule has 5 heteroatoms. The minimum atomic E-state index is -0.117. The summed E-state index contributed by atoms with van der Waals surface area (Å²) in [5.41, 5.74) is 3.71. The van der Waals surface area contributed by atoms with Crippen molar-refractivity contribution in [3.05, 3.63) is 57.3 Å². The molecule has 2 heterocycles. The van der Waals surface area contributed by atoms with E-state index in [4.69, 9.17) is 5.11 Å². The van der Waals surface area contributed by atoms with Crippen LogP contribution in [-0.2, 0) is 24.2 Å². The van der Waals surface area contributed by atoms with E-state index < -0.39 is 0 Å². The summed E-state index contributed by atoms with van der Waals surface area (Å²) in [4.78, 5) is 15.8. The molecule has 1 atom stereocenters. The minimum absolute atomic E-state index is 0.117. The predicted molar refractivity (Wildman–Crippen MR) is 103 cm³/mol. The van der Waals surface area contributed by atoms with Crippen molar-refractivity contribution >= 4 is 17.2 Å². The van der Waals surface area contributed by atoms with Gasteiger partial charge in [0.05, 0.1) is 0 Å². The van der Waals surface area contributed by atoms with E-state index in [1.54, 1.807) is 11.3 Å². The minimum Gasteiger partial charge on any atom is -0.384 e. The molecule has 0 bridgehead atoms. The first kappa shape index (κ1) is 17.3. The molecule has 1 unspecified atom stereocenters. The first-order valence-electron chi connectivity index (χ1n) is 8.99. The monoisotopic (exact) mass is 366 g/mol. The molecule has 0 spiro atoms. The Morgan fingerprint density at radius 2 is 2.00 bits per heavy atom. The number of likely N-dealkylation sites (tertiary alicyclic amines) is 1. The summed E-state index contributed by atoms with van der Waals surface area (Å²) in [6, 6.07) is 11.1. The number of fused-ring (bicyclic) bond motifs is 1. The molecule has 2 aromatic rings. The van der Waals surface area contributed by atoms with Crippen LogP contribution in [0.2, 0.25) is 0 Å². The maximum absolute atomic E-state index is 12.5.